The summed E-state index contributed by atoms with van der Waals surface area (Å²) in [5.74, 6) is 1.77. The first-order valence-electron chi connectivity index (χ1n) is 9.32. The van der Waals surface area contributed by atoms with Crippen molar-refractivity contribution in [3.05, 3.63) is 36.4 Å². The van der Waals surface area contributed by atoms with Crippen LogP contribution in [-0.4, -0.2) is 74.0 Å². The van der Waals surface area contributed by atoms with Crippen LogP contribution in [0, 0.1) is 0 Å². The number of fused-ring (bicyclic) bond motifs is 1. The summed E-state index contributed by atoms with van der Waals surface area (Å²) in [5.41, 5.74) is 1.85. The molecule has 3 heterocycles. The summed E-state index contributed by atoms with van der Waals surface area (Å²) in [7, 11) is 3.16. The van der Waals surface area contributed by atoms with E-state index in [-0.39, 0.29) is 0 Å². The molecule has 0 amide bonds. The summed E-state index contributed by atoms with van der Waals surface area (Å²) in [6, 6.07) is 5.59. The van der Waals surface area contributed by atoms with Gasteiger partial charge in [0.05, 0.1) is 27.2 Å². The van der Waals surface area contributed by atoms with Gasteiger partial charge in [0, 0.05) is 6.54 Å². The van der Waals surface area contributed by atoms with E-state index in [1.807, 2.05) is 18.2 Å². The number of nitrogens with one attached hydrogen (secondary N) is 1. The zero-order chi connectivity index (χ0) is 21.3. The van der Waals surface area contributed by atoms with Crippen molar-refractivity contribution < 1.29 is 29.5 Å². The van der Waals surface area contributed by atoms with Gasteiger partial charge in [0.25, 0.3) is 0 Å². The van der Waals surface area contributed by atoms with Gasteiger partial charge in [-0.2, -0.15) is 0 Å². The van der Waals surface area contributed by atoms with Crippen LogP contribution in [0.25, 0.3) is 11.2 Å². The van der Waals surface area contributed by atoms with Crippen molar-refractivity contribution in [2.24, 2.45) is 0 Å². The van der Waals surface area contributed by atoms with Crippen LogP contribution in [0.5, 0.6) is 11.5 Å². The molecular formula is C19H23N5O6. The molecule has 0 radical (unpaired) electrons. The quantitative estimate of drug-likeness (QED) is 0.417. The first-order valence-corrected chi connectivity index (χ1v) is 9.32. The number of anilines is 1. The second kappa shape index (κ2) is 8.40. The summed E-state index contributed by atoms with van der Waals surface area (Å²) >= 11 is 0. The molecule has 3 aromatic rings. The van der Waals surface area contributed by atoms with Crippen LogP contribution in [0.2, 0.25) is 0 Å². The number of hydrogen-bond acceptors (Lipinski definition) is 10. The molecule has 0 saturated carbocycles. The van der Waals surface area contributed by atoms with Gasteiger partial charge in [0.2, 0.25) is 0 Å². The van der Waals surface area contributed by atoms with Crippen molar-refractivity contribution >= 4 is 17.0 Å². The highest BCUT2D eigenvalue weighted by Gasteiger charge is 2.44. The Morgan fingerprint density at radius 1 is 1.10 bits per heavy atom. The predicted octanol–water partition coefficient (Wildman–Crippen LogP) is 0.0671. The van der Waals surface area contributed by atoms with E-state index in [1.54, 1.807) is 14.2 Å². The van der Waals surface area contributed by atoms with E-state index in [2.05, 4.69) is 20.3 Å². The topological polar surface area (TPSA) is 144 Å². The van der Waals surface area contributed by atoms with E-state index in [0.717, 1.165) is 5.56 Å². The molecule has 11 nitrogen and oxygen atoms in total. The normalized spacial score (nSPS) is 23.6. The Morgan fingerprint density at radius 2 is 1.90 bits per heavy atom. The number of methoxy groups -OCH3 is 2. The van der Waals surface area contributed by atoms with Gasteiger partial charge in [0.1, 0.15) is 24.6 Å². The van der Waals surface area contributed by atoms with Gasteiger partial charge in [-0.3, -0.25) is 4.57 Å². The minimum absolute atomic E-state index is 0.408. The highest BCUT2D eigenvalue weighted by molar-refractivity contribution is 5.82. The maximum Gasteiger partial charge on any atom is 0.167 e. The van der Waals surface area contributed by atoms with Crippen LogP contribution in [-0.2, 0) is 11.3 Å². The highest BCUT2D eigenvalue weighted by atomic mass is 16.6. The number of hydrogen-bond donors (Lipinski definition) is 4. The third-order valence-electron chi connectivity index (χ3n) is 5.06. The lowest BCUT2D eigenvalue weighted by Gasteiger charge is -2.16. The number of nitrogens with zero attached hydrogens (tertiary/aromatic N) is 4. The van der Waals surface area contributed by atoms with Crippen LogP contribution in [0.15, 0.2) is 30.9 Å². The molecular weight excluding hydrogens is 394 g/mol. The van der Waals surface area contributed by atoms with Crippen molar-refractivity contribution in [2.45, 2.75) is 31.1 Å². The number of ether oxygens (including phenoxy) is 3. The van der Waals surface area contributed by atoms with E-state index >= 15 is 0 Å². The van der Waals surface area contributed by atoms with Crippen molar-refractivity contribution in [1.82, 2.24) is 19.5 Å². The third kappa shape index (κ3) is 3.52. The fourth-order valence-electron chi connectivity index (χ4n) is 3.45. The molecule has 30 heavy (non-hydrogen) atoms. The molecule has 0 aliphatic carbocycles. The number of aliphatic hydroxyl groups is 3. The smallest absolute Gasteiger partial charge is 0.167 e. The molecule has 2 aromatic heterocycles. The molecule has 1 aliphatic heterocycles. The molecule has 1 aliphatic rings. The maximum absolute atomic E-state index is 10.3. The van der Waals surface area contributed by atoms with E-state index in [4.69, 9.17) is 14.2 Å². The molecule has 4 atom stereocenters. The number of benzene rings is 1. The van der Waals surface area contributed by atoms with Gasteiger partial charge >= 0.3 is 0 Å². The van der Waals surface area contributed by atoms with Gasteiger partial charge < -0.3 is 34.8 Å². The first-order chi connectivity index (χ1) is 14.6. The second-order valence-corrected chi connectivity index (χ2v) is 6.82. The number of rotatable bonds is 7. The van der Waals surface area contributed by atoms with Gasteiger partial charge in [-0.25, -0.2) is 15.0 Å². The molecule has 1 saturated heterocycles. The minimum atomic E-state index is -1.22. The molecule has 4 N–H and O–H groups in total. The minimum Gasteiger partial charge on any atom is -0.493 e. The SMILES string of the molecule is COc1ccc(CNc2ncnc3c2ncn3C2O[C@H](CO)[C@@H](O)[C@@H]2O)cc1OC. The summed E-state index contributed by atoms with van der Waals surface area (Å²) in [4.78, 5) is 12.8. The Bertz CT molecular complexity index is 1030. The van der Waals surface area contributed by atoms with Gasteiger partial charge in [-0.05, 0) is 17.7 Å². The molecule has 1 aromatic carbocycles. The molecule has 11 heteroatoms. The van der Waals surface area contributed by atoms with Gasteiger partial charge in [-0.15, -0.1) is 0 Å². The van der Waals surface area contributed by atoms with E-state index in [9.17, 15) is 15.3 Å². The van der Waals surface area contributed by atoms with Crippen LogP contribution < -0.4 is 14.8 Å². The van der Waals surface area contributed by atoms with E-state index < -0.39 is 31.1 Å². The molecule has 0 spiro atoms. The molecule has 160 valence electrons. The first kappa shape index (κ1) is 20.3. The number of aliphatic hydroxyl groups excluding tert-OH is 3. The highest BCUT2D eigenvalue weighted by Crippen LogP contribution is 2.32. The lowest BCUT2D eigenvalue weighted by molar-refractivity contribution is -0.0511. The predicted molar refractivity (Wildman–Crippen MR) is 105 cm³/mol. The largest absolute Gasteiger partial charge is 0.493 e. The van der Waals surface area contributed by atoms with E-state index in [1.165, 1.54) is 17.2 Å². The number of aromatic nitrogens is 4. The summed E-state index contributed by atoms with van der Waals surface area (Å²) in [6.45, 7) is 0.0433. The summed E-state index contributed by atoms with van der Waals surface area (Å²) in [5, 5.41) is 32.8. The Labute approximate surface area is 171 Å². The second-order valence-electron chi connectivity index (χ2n) is 6.82. The number of imidazole rings is 1. The molecule has 1 unspecified atom stereocenters. The Hall–Kier alpha value is -2.99. The van der Waals surface area contributed by atoms with Gasteiger partial charge in [0.15, 0.2) is 34.7 Å². The molecule has 1 fully saturated rings. The van der Waals surface area contributed by atoms with Crippen LogP contribution in [0.3, 0.4) is 0 Å². The zero-order valence-electron chi connectivity index (χ0n) is 16.5. The van der Waals surface area contributed by atoms with Crippen molar-refractivity contribution in [2.75, 3.05) is 26.1 Å². The van der Waals surface area contributed by atoms with Crippen LogP contribution >= 0.6 is 0 Å². The summed E-state index contributed by atoms with van der Waals surface area (Å²) in [6.07, 6.45) is -1.40. The third-order valence-corrected chi connectivity index (χ3v) is 5.06. The average Bonchev–Trinajstić information content (AvgIpc) is 3.33. The molecule has 4 rings (SSSR count). The van der Waals surface area contributed by atoms with Gasteiger partial charge in [-0.1, -0.05) is 6.07 Å². The summed E-state index contributed by atoms with van der Waals surface area (Å²) < 4.78 is 17.7. The molecule has 0 bridgehead atoms. The zero-order valence-corrected chi connectivity index (χ0v) is 16.5. The standard InChI is InChI=1S/C19H23N5O6/c1-28-11-4-3-10(5-12(11)29-2)6-20-17-14-18(22-8-21-17)24(9-23-14)19-16(27)15(26)13(7-25)30-19/h3-5,8-9,13,15-16,19,25-27H,6-7H2,1-2H3,(H,20,21,22)/t13-,15-,16+,19?/m1/s1. The van der Waals surface area contributed by atoms with Crippen LogP contribution in [0.1, 0.15) is 11.8 Å². The van der Waals surface area contributed by atoms with E-state index in [0.29, 0.717) is 35.0 Å². The van der Waals surface area contributed by atoms with Crippen molar-refractivity contribution in [1.29, 1.82) is 0 Å². The Morgan fingerprint density at radius 3 is 2.60 bits per heavy atom. The average molecular weight is 417 g/mol. The Balaban J connectivity index is 1.57. The van der Waals surface area contributed by atoms with Crippen LogP contribution in [0.4, 0.5) is 5.82 Å². The fraction of sp³-hybridized carbons (Fsp3) is 0.421. The van der Waals surface area contributed by atoms with Crippen molar-refractivity contribution in [3.8, 4) is 11.5 Å². The van der Waals surface area contributed by atoms with Crippen molar-refractivity contribution in [3.63, 3.8) is 0 Å². The maximum atomic E-state index is 10.3. The monoisotopic (exact) mass is 417 g/mol. The lowest BCUT2D eigenvalue weighted by atomic mass is 10.1. The fourth-order valence-corrected chi connectivity index (χ4v) is 3.45. The Kier molecular flexibility index (Phi) is 5.68. The lowest BCUT2D eigenvalue weighted by Crippen LogP contribution is -2.33.